The van der Waals surface area contributed by atoms with E-state index in [9.17, 15) is 14.7 Å². The Morgan fingerprint density at radius 2 is 2.00 bits per heavy atom. The van der Waals surface area contributed by atoms with Gasteiger partial charge < -0.3 is 15.3 Å². The molecule has 150 valence electrons. The molecule has 7 heteroatoms. The number of nitrogens with zero attached hydrogens (tertiary/aromatic N) is 3. The lowest BCUT2D eigenvalue weighted by molar-refractivity contribution is 0.0546. The van der Waals surface area contributed by atoms with Crippen molar-refractivity contribution in [2.75, 3.05) is 18.4 Å². The van der Waals surface area contributed by atoms with Crippen LogP contribution in [0.15, 0.2) is 53.5 Å². The van der Waals surface area contributed by atoms with E-state index in [1.165, 1.54) is 10.5 Å². The molecule has 1 fully saturated rings. The topological polar surface area (TPSA) is 86.9 Å². The van der Waals surface area contributed by atoms with Gasteiger partial charge in [0.2, 0.25) is 0 Å². The lowest BCUT2D eigenvalue weighted by Crippen LogP contribution is -2.40. The van der Waals surface area contributed by atoms with Gasteiger partial charge in [0.05, 0.1) is 18.3 Å². The fourth-order valence-corrected chi connectivity index (χ4v) is 3.56. The standard InChI is InChI=1S/C22H24N4O3/c1-15-5-6-20-24-18(12-21(28)26(20)14-15)13-23-17-4-2-3-16(11-17)22(29)25-9-7-19(27)8-10-25/h2-6,11-12,14,19,23,27H,7-10,13H2,1H3. The van der Waals surface area contributed by atoms with E-state index in [0.717, 1.165) is 11.3 Å². The number of carbonyl (C=O) groups excluding carboxylic acids is 1. The van der Waals surface area contributed by atoms with Gasteiger partial charge in [0.1, 0.15) is 5.65 Å². The van der Waals surface area contributed by atoms with Crippen LogP contribution < -0.4 is 10.9 Å². The third kappa shape index (κ3) is 4.30. The number of nitrogens with one attached hydrogen (secondary N) is 1. The molecule has 4 rings (SSSR count). The minimum absolute atomic E-state index is 0.0296. The van der Waals surface area contributed by atoms with Gasteiger partial charge in [-0.3, -0.25) is 14.0 Å². The van der Waals surface area contributed by atoms with Crippen LogP contribution >= 0.6 is 0 Å². The van der Waals surface area contributed by atoms with E-state index in [1.54, 1.807) is 17.2 Å². The second-order valence-corrected chi connectivity index (χ2v) is 7.48. The Bertz CT molecular complexity index is 1100. The van der Waals surface area contributed by atoms with Crippen molar-refractivity contribution in [2.24, 2.45) is 0 Å². The molecular weight excluding hydrogens is 368 g/mol. The van der Waals surface area contributed by atoms with Gasteiger partial charge in [-0.1, -0.05) is 12.1 Å². The first-order valence-electron chi connectivity index (χ1n) is 9.80. The van der Waals surface area contributed by atoms with Gasteiger partial charge in [-0.15, -0.1) is 0 Å². The van der Waals surface area contributed by atoms with E-state index in [2.05, 4.69) is 10.3 Å². The summed E-state index contributed by atoms with van der Waals surface area (Å²) in [7, 11) is 0. The van der Waals surface area contributed by atoms with Crippen molar-refractivity contribution in [1.29, 1.82) is 0 Å². The van der Waals surface area contributed by atoms with Crippen molar-refractivity contribution in [2.45, 2.75) is 32.4 Å². The summed E-state index contributed by atoms with van der Waals surface area (Å²) in [4.78, 5) is 31.4. The lowest BCUT2D eigenvalue weighted by Gasteiger charge is -2.29. The molecule has 0 atom stereocenters. The number of hydrogen-bond donors (Lipinski definition) is 2. The quantitative estimate of drug-likeness (QED) is 0.711. The number of hydrogen-bond acceptors (Lipinski definition) is 5. The summed E-state index contributed by atoms with van der Waals surface area (Å²) in [5.74, 6) is -0.0296. The number of likely N-dealkylation sites (tertiary alicyclic amines) is 1. The van der Waals surface area contributed by atoms with Gasteiger partial charge in [0, 0.05) is 36.6 Å². The number of carbonyl (C=O) groups is 1. The number of aliphatic hydroxyl groups excluding tert-OH is 1. The number of aryl methyl sites for hydroxylation is 1. The third-order valence-corrected chi connectivity index (χ3v) is 5.20. The van der Waals surface area contributed by atoms with E-state index in [-0.39, 0.29) is 17.6 Å². The minimum Gasteiger partial charge on any atom is -0.393 e. The first-order chi connectivity index (χ1) is 14.0. The van der Waals surface area contributed by atoms with E-state index in [0.29, 0.717) is 49.4 Å². The molecule has 7 nitrogen and oxygen atoms in total. The second kappa shape index (κ2) is 8.05. The molecule has 2 N–H and O–H groups in total. The summed E-state index contributed by atoms with van der Waals surface area (Å²) >= 11 is 0. The van der Waals surface area contributed by atoms with Crippen molar-refractivity contribution in [1.82, 2.24) is 14.3 Å². The molecule has 1 aliphatic heterocycles. The molecule has 0 spiro atoms. The highest BCUT2D eigenvalue weighted by Gasteiger charge is 2.22. The highest BCUT2D eigenvalue weighted by atomic mass is 16.3. The number of benzene rings is 1. The number of pyridine rings is 1. The van der Waals surface area contributed by atoms with Crippen molar-refractivity contribution in [3.05, 3.63) is 75.8 Å². The molecule has 1 amide bonds. The smallest absolute Gasteiger partial charge is 0.258 e. The van der Waals surface area contributed by atoms with Gasteiger partial charge in [0.15, 0.2) is 0 Å². The fourth-order valence-electron chi connectivity index (χ4n) is 3.56. The zero-order valence-corrected chi connectivity index (χ0v) is 16.3. The van der Waals surface area contributed by atoms with Gasteiger partial charge in [-0.25, -0.2) is 4.98 Å². The van der Waals surface area contributed by atoms with Crippen molar-refractivity contribution in [3.63, 3.8) is 0 Å². The maximum atomic E-state index is 12.7. The fraction of sp³-hybridized carbons (Fsp3) is 0.318. The molecule has 2 aromatic heterocycles. The van der Waals surface area contributed by atoms with Gasteiger partial charge in [-0.2, -0.15) is 0 Å². The van der Waals surface area contributed by atoms with Crippen LogP contribution in [0.2, 0.25) is 0 Å². The Kier molecular flexibility index (Phi) is 5.31. The van der Waals surface area contributed by atoms with Crippen LogP contribution in [0.1, 0.15) is 34.5 Å². The zero-order chi connectivity index (χ0) is 20.4. The molecule has 1 saturated heterocycles. The van der Waals surface area contributed by atoms with Gasteiger partial charge in [-0.05, 0) is 49.6 Å². The number of piperidine rings is 1. The van der Waals surface area contributed by atoms with Crippen LogP contribution in [0, 0.1) is 6.92 Å². The Morgan fingerprint density at radius 3 is 2.79 bits per heavy atom. The predicted octanol–water partition coefficient (Wildman–Crippen LogP) is 2.21. The second-order valence-electron chi connectivity index (χ2n) is 7.48. The van der Waals surface area contributed by atoms with Crippen LogP contribution in [0.25, 0.3) is 5.65 Å². The number of aromatic nitrogens is 2. The largest absolute Gasteiger partial charge is 0.393 e. The van der Waals surface area contributed by atoms with Gasteiger partial charge in [0.25, 0.3) is 11.5 Å². The average molecular weight is 392 g/mol. The summed E-state index contributed by atoms with van der Waals surface area (Å²) in [5, 5.41) is 12.9. The minimum atomic E-state index is -0.311. The first-order valence-corrected chi connectivity index (χ1v) is 9.80. The number of amides is 1. The first kappa shape index (κ1) is 19.1. The molecule has 0 aliphatic carbocycles. The molecule has 0 saturated carbocycles. The summed E-state index contributed by atoms with van der Waals surface area (Å²) < 4.78 is 1.54. The Labute approximate surface area is 168 Å². The van der Waals surface area contributed by atoms with Crippen LogP contribution in [0.4, 0.5) is 5.69 Å². The van der Waals surface area contributed by atoms with E-state index in [4.69, 9.17) is 0 Å². The Balaban J connectivity index is 1.47. The SMILES string of the molecule is Cc1ccc2nc(CNc3cccc(C(=O)N4CCC(O)CC4)c3)cc(=O)n2c1. The molecule has 29 heavy (non-hydrogen) atoms. The van der Waals surface area contributed by atoms with E-state index in [1.807, 2.05) is 37.3 Å². The number of aliphatic hydroxyl groups is 1. The molecule has 3 aromatic rings. The van der Waals surface area contributed by atoms with Crippen molar-refractivity contribution < 1.29 is 9.90 Å². The molecule has 1 aromatic carbocycles. The monoisotopic (exact) mass is 392 g/mol. The molecular formula is C22H24N4O3. The van der Waals surface area contributed by atoms with E-state index >= 15 is 0 Å². The Hall–Kier alpha value is -3.19. The molecule has 0 radical (unpaired) electrons. The normalized spacial score (nSPS) is 14.9. The van der Waals surface area contributed by atoms with Crippen LogP contribution in [-0.2, 0) is 6.54 Å². The summed E-state index contributed by atoms with van der Waals surface area (Å²) in [6.07, 6.45) is 2.70. The lowest BCUT2D eigenvalue weighted by atomic mass is 10.1. The zero-order valence-electron chi connectivity index (χ0n) is 16.3. The molecule has 1 aliphatic rings. The number of fused-ring (bicyclic) bond motifs is 1. The molecule has 0 unspecified atom stereocenters. The number of anilines is 1. The molecule has 0 bridgehead atoms. The third-order valence-electron chi connectivity index (χ3n) is 5.20. The van der Waals surface area contributed by atoms with Crippen molar-refractivity contribution in [3.8, 4) is 0 Å². The highest BCUT2D eigenvalue weighted by molar-refractivity contribution is 5.95. The van der Waals surface area contributed by atoms with Crippen LogP contribution in [0.3, 0.4) is 0 Å². The summed E-state index contributed by atoms with van der Waals surface area (Å²) in [6, 6.07) is 12.6. The van der Waals surface area contributed by atoms with E-state index < -0.39 is 0 Å². The van der Waals surface area contributed by atoms with Gasteiger partial charge >= 0.3 is 0 Å². The highest BCUT2D eigenvalue weighted by Crippen LogP contribution is 2.17. The van der Waals surface area contributed by atoms with Crippen LogP contribution in [-0.4, -0.2) is 44.5 Å². The maximum Gasteiger partial charge on any atom is 0.258 e. The average Bonchev–Trinajstić information content (AvgIpc) is 2.73. The molecule has 3 heterocycles. The summed E-state index contributed by atoms with van der Waals surface area (Å²) in [6.45, 7) is 3.46. The van der Waals surface area contributed by atoms with Crippen LogP contribution in [0.5, 0.6) is 0 Å². The Morgan fingerprint density at radius 1 is 1.21 bits per heavy atom. The predicted molar refractivity (Wildman–Crippen MR) is 111 cm³/mol. The summed E-state index contributed by atoms with van der Waals surface area (Å²) in [5.41, 5.74) is 3.52. The number of rotatable bonds is 4. The van der Waals surface area contributed by atoms with Crippen molar-refractivity contribution >= 4 is 17.2 Å². The maximum absolute atomic E-state index is 12.7.